The molecule has 0 radical (unpaired) electrons. The molecule has 0 aliphatic carbocycles. The third-order valence-corrected chi connectivity index (χ3v) is 4.81. The molecule has 7 nitrogen and oxygen atoms in total. The highest BCUT2D eigenvalue weighted by Crippen LogP contribution is 2.34. The zero-order valence-electron chi connectivity index (χ0n) is 16.3. The van der Waals surface area contributed by atoms with Gasteiger partial charge in [-0.3, -0.25) is 14.9 Å². The molecule has 2 aromatic carbocycles. The molecule has 31 heavy (non-hydrogen) atoms. The number of benzene rings is 2. The molecular weight excluding hydrogens is 437 g/mol. The second kappa shape index (κ2) is 8.38. The Morgan fingerprint density at radius 1 is 1.19 bits per heavy atom. The predicted octanol–water partition coefficient (Wildman–Crippen LogP) is 5.00. The highest BCUT2D eigenvalue weighted by atomic mass is 35.5. The molecule has 0 aliphatic rings. The van der Waals surface area contributed by atoms with Gasteiger partial charge in [0.1, 0.15) is 0 Å². The maximum atomic E-state index is 13.7. The summed E-state index contributed by atoms with van der Waals surface area (Å²) in [5, 5.41) is 17.2. The average Bonchev–Trinajstić information content (AvgIpc) is 3.03. The van der Waals surface area contributed by atoms with Crippen molar-refractivity contribution in [1.29, 1.82) is 0 Å². The lowest BCUT2D eigenvalue weighted by Gasteiger charge is -2.16. The third-order valence-electron chi connectivity index (χ3n) is 4.50. The summed E-state index contributed by atoms with van der Waals surface area (Å²) in [4.78, 5) is 22.4. The molecule has 0 spiro atoms. The van der Waals surface area contributed by atoms with Crippen molar-refractivity contribution in [2.45, 2.75) is 26.6 Å². The summed E-state index contributed by atoms with van der Waals surface area (Å²) in [5.74, 6) is -0.754. The van der Waals surface area contributed by atoms with E-state index < -0.39 is 29.1 Å². The normalized spacial score (nSPS) is 11.4. The lowest BCUT2D eigenvalue weighted by atomic mass is 10.1. The number of amides is 1. The Kier molecular flexibility index (Phi) is 6.03. The highest BCUT2D eigenvalue weighted by molar-refractivity contribution is 6.34. The van der Waals surface area contributed by atoms with Crippen LogP contribution in [0.15, 0.2) is 42.5 Å². The Morgan fingerprint density at radius 2 is 1.90 bits per heavy atom. The Morgan fingerprint density at radius 3 is 2.45 bits per heavy atom. The van der Waals surface area contributed by atoms with Crippen LogP contribution in [0, 0.1) is 24.0 Å². The quantitative estimate of drug-likeness (QED) is 0.435. The number of alkyl halides is 3. The van der Waals surface area contributed by atoms with Crippen molar-refractivity contribution in [3.8, 4) is 5.69 Å². The minimum absolute atomic E-state index is 0.0833. The lowest BCUT2D eigenvalue weighted by Crippen LogP contribution is -2.25. The van der Waals surface area contributed by atoms with Crippen molar-refractivity contribution in [2.24, 2.45) is 0 Å². The standard InChI is InChI=1S/C20H16ClF3N4O3/c1-11-7-12(2)27(26-11)14-4-3-13(17(8-14)20(22,23)24)10-25-19(29)16-6-5-15(28(30)31)9-18(16)21/h3-9H,10H2,1-2H3,(H,25,29). The van der Waals surface area contributed by atoms with E-state index in [2.05, 4.69) is 10.4 Å². The zero-order chi connectivity index (χ0) is 22.9. The maximum absolute atomic E-state index is 13.7. The molecule has 0 bridgehead atoms. The van der Waals surface area contributed by atoms with Crippen LogP contribution in [0.5, 0.6) is 0 Å². The summed E-state index contributed by atoms with van der Waals surface area (Å²) in [5.41, 5.74) is 0.144. The molecule has 1 N–H and O–H groups in total. The number of nitro groups is 1. The topological polar surface area (TPSA) is 90.1 Å². The molecule has 1 heterocycles. The van der Waals surface area contributed by atoms with Gasteiger partial charge < -0.3 is 5.32 Å². The number of carbonyl (C=O) groups is 1. The molecule has 0 atom stereocenters. The number of halogens is 4. The number of carbonyl (C=O) groups excluding carboxylic acids is 1. The predicted molar refractivity (Wildman–Crippen MR) is 107 cm³/mol. The molecule has 1 aromatic heterocycles. The van der Waals surface area contributed by atoms with E-state index >= 15 is 0 Å². The number of nitro benzene ring substituents is 1. The first-order chi connectivity index (χ1) is 14.5. The van der Waals surface area contributed by atoms with Crippen molar-refractivity contribution in [3.63, 3.8) is 0 Å². The van der Waals surface area contributed by atoms with Gasteiger partial charge >= 0.3 is 6.18 Å². The van der Waals surface area contributed by atoms with Crippen molar-refractivity contribution < 1.29 is 22.9 Å². The van der Waals surface area contributed by atoms with Crippen LogP contribution in [0.3, 0.4) is 0 Å². The molecule has 162 valence electrons. The van der Waals surface area contributed by atoms with Crippen molar-refractivity contribution in [2.75, 3.05) is 0 Å². The van der Waals surface area contributed by atoms with Gasteiger partial charge in [-0.15, -0.1) is 0 Å². The number of nitrogens with one attached hydrogen (secondary N) is 1. The lowest BCUT2D eigenvalue weighted by molar-refractivity contribution is -0.384. The molecule has 0 unspecified atom stereocenters. The van der Waals surface area contributed by atoms with Crippen molar-refractivity contribution >= 4 is 23.2 Å². The van der Waals surface area contributed by atoms with Gasteiger partial charge in [-0.1, -0.05) is 17.7 Å². The second-order valence-electron chi connectivity index (χ2n) is 6.78. The van der Waals surface area contributed by atoms with Gasteiger partial charge in [-0.25, -0.2) is 4.68 Å². The fraction of sp³-hybridized carbons (Fsp3) is 0.200. The van der Waals surface area contributed by atoms with Gasteiger partial charge in [-0.2, -0.15) is 18.3 Å². The first-order valence-corrected chi connectivity index (χ1v) is 9.31. The minimum atomic E-state index is -4.66. The molecule has 0 fully saturated rings. The van der Waals surface area contributed by atoms with Crippen LogP contribution in [0.1, 0.15) is 32.9 Å². The number of aryl methyl sites for hydroxylation is 2. The number of rotatable bonds is 5. The van der Waals surface area contributed by atoms with E-state index in [1.165, 1.54) is 16.8 Å². The van der Waals surface area contributed by atoms with Crippen LogP contribution in [0.2, 0.25) is 5.02 Å². The second-order valence-corrected chi connectivity index (χ2v) is 7.19. The molecule has 1 amide bonds. The van der Waals surface area contributed by atoms with Gasteiger partial charge in [0.25, 0.3) is 11.6 Å². The van der Waals surface area contributed by atoms with Crippen LogP contribution in [0.4, 0.5) is 18.9 Å². The first kappa shape index (κ1) is 22.3. The van der Waals surface area contributed by atoms with E-state index in [9.17, 15) is 28.1 Å². The SMILES string of the molecule is Cc1cc(C)n(-c2ccc(CNC(=O)c3ccc([N+](=O)[O-])cc3Cl)c(C(F)(F)F)c2)n1. The fourth-order valence-corrected chi connectivity index (χ4v) is 3.34. The molecule has 0 saturated carbocycles. The van der Waals surface area contributed by atoms with Gasteiger partial charge in [-0.05, 0) is 43.7 Å². The van der Waals surface area contributed by atoms with Crippen molar-refractivity contribution in [3.05, 3.63) is 85.7 Å². The average molecular weight is 453 g/mol. The molecule has 0 aliphatic heterocycles. The van der Waals surface area contributed by atoms with E-state index in [1.54, 1.807) is 19.9 Å². The number of nitrogens with zero attached hydrogens (tertiary/aromatic N) is 3. The Bertz CT molecular complexity index is 1170. The first-order valence-electron chi connectivity index (χ1n) is 8.93. The number of hydrogen-bond acceptors (Lipinski definition) is 4. The molecule has 0 saturated heterocycles. The summed E-state index contributed by atoms with van der Waals surface area (Å²) >= 11 is 5.90. The third kappa shape index (κ3) is 4.85. The van der Waals surface area contributed by atoms with Crippen molar-refractivity contribution in [1.82, 2.24) is 15.1 Å². The molecule has 3 aromatic rings. The Labute approximate surface area is 179 Å². The summed E-state index contributed by atoms with van der Waals surface area (Å²) in [6.45, 7) is 3.05. The fourth-order valence-electron chi connectivity index (χ4n) is 3.08. The van der Waals surface area contributed by atoms with Crippen LogP contribution in [-0.2, 0) is 12.7 Å². The largest absolute Gasteiger partial charge is 0.416 e. The van der Waals surface area contributed by atoms with Crippen LogP contribution >= 0.6 is 11.6 Å². The summed E-state index contributed by atoms with van der Waals surface area (Å²) in [6, 6.07) is 8.70. The maximum Gasteiger partial charge on any atom is 0.416 e. The number of aromatic nitrogens is 2. The monoisotopic (exact) mass is 452 g/mol. The van der Waals surface area contributed by atoms with Gasteiger partial charge in [0.15, 0.2) is 0 Å². The number of non-ortho nitro benzene ring substituents is 1. The van der Waals surface area contributed by atoms with E-state index in [-0.39, 0.29) is 27.5 Å². The molecule has 3 rings (SSSR count). The highest BCUT2D eigenvalue weighted by Gasteiger charge is 2.34. The smallest absolute Gasteiger partial charge is 0.348 e. The Balaban J connectivity index is 1.87. The van der Waals surface area contributed by atoms with E-state index in [0.717, 1.165) is 24.3 Å². The molecule has 11 heteroatoms. The zero-order valence-corrected chi connectivity index (χ0v) is 17.1. The van der Waals surface area contributed by atoms with E-state index in [4.69, 9.17) is 11.6 Å². The van der Waals surface area contributed by atoms with Gasteiger partial charge in [0, 0.05) is 24.4 Å². The van der Waals surface area contributed by atoms with Crippen LogP contribution in [-0.4, -0.2) is 20.6 Å². The van der Waals surface area contributed by atoms with Crippen LogP contribution < -0.4 is 5.32 Å². The van der Waals surface area contributed by atoms with Crippen LogP contribution in [0.25, 0.3) is 5.69 Å². The summed E-state index contributed by atoms with van der Waals surface area (Å²) < 4.78 is 42.4. The Hall–Kier alpha value is -3.40. The van der Waals surface area contributed by atoms with E-state index in [0.29, 0.717) is 11.4 Å². The van der Waals surface area contributed by atoms with Gasteiger partial charge in [0.05, 0.1) is 32.5 Å². The minimum Gasteiger partial charge on any atom is -0.348 e. The van der Waals surface area contributed by atoms with E-state index in [1.807, 2.05) is 0 Å². The molecular formula is C20H16ClF3N4O3. The summed E-state index contributed by atoms with van der Waals surface area (Å²) in [6.07, 6.45) is -4.66. The van der Waals surface area contributed by atoms with Gasteiger partial charge in [0.2, 0.25) is 0 Å². The summed E-state index contributed by atoms with van der Waals surface area (Å²) in [7, 11) is 0. The number of hydrogen-bond donors (Lipinski definition) is 1.